The SMILES string of the molecule is COc1ccc(C(NC(=O)CC(NC(N)=O)c2ccccc2Cl)c2nccn2C)cc1. The number of methoxy groups -OCH3 is 1. The average Bonchev–Trinajstić information content (AvgIpc) is 3.17. The van der Waals surface area contributed by atoms with Crippen molar-refractivity contribution in [3.05, 3.63) is 82.9 Å². The van der Waals surface area contributed by atoms with Crippen LogP contribution in [0.2, 0.25) is 5.02 Å². The van der Waals surface area contributed by atoms with Crippen LogP contribution in [0.15, 0.2) is 60.9 Å². The van der Waals surface area contributed by atoms with Gasteiger partial charge < -0.3 is 25.7 Å². The Labute approximate surface area is 185 Å². The quantitative estimate of drug-likeness (QED) is 0.498. The molecular weight excluding hydrogens is 418 g/mol. The number of halogens is 1. The lowest BCUT2D eigenvalue weighted by Gasteiger charge is -2.23. The minimum absolute atomic E-state index is 0.0518. The van der Waals surface area contributed by atoms with Crippen molar-refractivity contribution in [3.8, 4) is 5.75 Å². The minimum Gasteiger partial charge on any atom is -0.497 e. The van der Waals surface area contributed by atoms with E-state index in [0.717, 1.165) is 5.56 Å². The first-order valence-electron chi connectivity index (χ1n) is 9.60. The lowest BCUT2D eigenvalue weighted by Crippen LogP contribution is -2.38. The van der Waals surface area contributed by atoms with Gasteiger partial charge in [-0.25, -0.2) is 9.78 Å². The predicted octanol–water partition coefficient (Wildman–Crippen LogP) is 3.09. The van der Waals surface area contributed by atoms with Crippen LogP contribution in [-0.4, -0.2) is 28.6 Å². The lowest BCUT2D eigenvalue weighted by molar-refractivity contribution is -0.122. The Morgan fingerprint density at radius 2 is 1.87 bits per heavy atom. The van der Waals surface area contributed by atoms with Gasteiger partial charge in [-0.3, -0.25) is 4.79 Å². The number of aryl methyl sites for hydroxylation is 1. The van der Waals surface area contributed by atoms with E-state index in [0.29, 0.717) is 22.2 Å². The Bertz CT molecular complexity index is 1050. The number of rotatable bonds is 8. The summed E-state index contributed by atoms with van der Waals surface area (Å²) in [4.78, 5) is 28.9. The first-order valence-corrected chi connectivity index (χ1v) is 9.97. The number of carbonyl (C=O) groups is 2. The fourth-order valence-corrected chi connectivity index (χ4v) is 3.59. The molecule has 0 saturated carbocycles. The van der Waals surface area contributed by atoms with Crippen LogP contribution in [0.4, 0.5) is 4.79 Å². The second-order valence-corrected chi connectivity index (χ2v) is 7.36. The predicted molar refractivity (Wildman–Crippen MR) is 118 cm³/mol. The third-order valence-electron chi connectivity index (χ3n) is 4.86. The largest absolute Gasteiger partial charge is 0.497 e. The Hall–Kier alpha value is -3.52. The number of hydrogen-bond donors (Lipinski definition) is 3. The number of hydrogen-bond acceptors (Lipinski definition) is 4. The van der Waals surface area contributed by atoms with Gasteiger partial charge in [-0.1, -0.05) is 41.9 Å². The van der Waals surface area contributed by atoms with Crippen LogP contribution in [0, 0.1) is 0 Å². The average molecular weight is 442 g/mol. The molecular formula is C22H24ClN5O3. The molecule has 1 heterocycles. The Kier molecular flexibility index (Phi) is 7.15. The summed E-state index contributed by atoms with van der Waals surface area (Å²) in [5, 5.41) is 6.04. The van der Waals surface area contributed by atoms with Gasteiger partial charge in [0.05, 0.1) is 19.6 Å². The number of carbonyl (C=O) groups excluding carboxylic acids is 2. The lowest BCUT2D eigenvalue weighted by atomic mass is 10.0. The van der Waals surface area contributed by atoms with Gasteiger partial charge in [0.2, 0.25) is 5.91 Å². The summed E-state index contributed by atoms with van der Waals surface area (Å²) < 4.78 is 7.06. The number of urea groups is 1. The molecule has 0 aliphatic carbocycles. The zero-order valence-corrected chi connectivity index (χ0v) is 18.0. The van der Waals surface area contributed by atoms with E-state index < -0.39 is 18.1 Å². The Morgan fingerprint density at radius 1 is 1.16 bits per heavy atom. The monoisotopic (exact) mass is 441 g/mol. The molecule has 0 bridgehead atoms. The first kappa shape index (κ1) is 22.2. The topological polar surface area (TPSA) is 111 Å². The van der Waals surface area contributed by atoms with E-state index in [2.05, 4.69) is 15.6 Å². The Balaban J connectivity index is 1.85. The van der Waals surface area contributed by atoms with Gasteiger partial charge in [-0.05, 0) is 29.3 Å². The smallest absolute Gasteiger partial charge is 0.312 e. The number of aromatic nitrogens is 2. The van der Waals surface area contributed by atoms with Crippen LogP contribution < -0.4 is 21.1 Å². The second-order valence-electron chi connectivity index (χ2n) is 6.96. The van der Waals surface area contributed by atoms with Crippen LogP contribution in [0.1, 0.15) is 35.5 Å². The maximum atomic E-state index is 13.0. The molecule has 0 saturated heterocycles. The van der Waals surface area contributed by atoms with E-state index in [1.807, 2.05) is 35.9 Å². The molecule has 9 heteroatoms. The molecule has 2 aromatic carbocycles. The molecule has 2 atom stereocenters. The van der Waals surface area contributed by atoms with Crippen molar-refractivity contribution in [1.82, 2.24) is 20.2 Å². The zero-order chi connectivity index (χ0) is 22.4. The maximum Gasteiger partial charge on any atom is 0.312 e. The standard InChI is InChI=1S/C22H24ClN5O3/c1-28-12-11-25-21(28)20(14-7-9-15(31-2)10-8-14)27-19(29)13-18(26-22(24)30)16-5-3-4-6-17(16)23/h3-12,18,20H,13H2,1-2H3,(H,27,29)(H3,24,26,30). The Morgan fingerprint density at radius 3 is 2.45 bits per heavy atom. The van der Waals surface area contributed by atoms with Crippen molar-refractivity contribution >= 4 is 23.5 Å². The molecule has 0 aliphatic rings. The number of nitrogens with two attached hydrogens (primary N) is 1. The minimum atomic E-state index is -0.742. The highest BCUT2D eigenvalue weighted by atomic mass is 35.5. The summed E-state index contributed by atoms with van der Waals surface area (Å²) in [5.74, 6) is 1.07. The van der Waals surface area contributed by atoms with Gasteiger partial charge >= 0.3 is 6.03 Å². The van der Waals surface area contributed by atoms with Crippen molar-refractivity contribution in [2.24, 2.45) is 12.8 Å². The normalized spacial score (nSPS) is 12.6. The van der Waals surface area contributed by atoms with Crippen molar-refractivity contribution in [2.75, 3.05) is 7.11 Å². The number of nitrogens with one attached hydrogen (secondary N) is 2. The molecule has 0 radical (unpaired) electrons. The number of primary amides is 1. The number of imidazole rings is 1. The third-order valence-corrected chi connectivity index (χ3v) is 5.20. The molecule has 4 N–H and O–H groups in total. The molecule has 3 aromatic rings. The van der Waals surface area contributed by atoms with Crippen molar-refractivity contribution in [3.63, 3.8) is 0 Å². The molecule has 8 nitrogen and oxygen atoms in total. The molecule has 3 rings (SSSR count). The second kappa shape index (κ2) is 9.99. The van der Waals surface area contributed by atoms with Gasteiger partial charge in [0, 0.05) is 24.5 Å². The van der Waals surface area contributed by atoms with Crippen LogP contribution in [0.3, 0.4) is 0 Å². The van der Waals surface area contributed by atoms with E-state index in [9.17, 15) is 9.59 Å². The van der Waals surface area contributed by atoms with Crippen LogP contribution in [0.5, 0.6) is 5.75 Å². The highest BCUT2D eigenvalue weighted by molar-refractivity contribution is 6.31. The van der Waals surface area contributed by atoms with E-state index in [1.165, 1.54) is 0 Å². The van der Waals surface area contributed by atoms with Crippen LogP contribution >= 0.6 is 11.6 Å². The van der Waals surface area contributed by atoms with E-state index in [-0.39, 0.29) is 12.3 Å². The highest BCUT2D eigenvalue weighted by Gasteiger charge is 2.25. The van der Waals surface area contributed by atoms with E-state index in [1.54, 1.807) is 43.8 Å². The van der Waals surface area contributed by atoms with Gasteiger partial charge in [-0.15, -0.1) is 0 Å². The molecule has 1 aromatic heterocycles. The molecule has 0 aliphatic heterocycles. The molecule has 0 fully saturated rings. The van der Waals surface area contributed by atoms with Gasteiger partial charge in [0.25, 0.3) is 0 Å². The maximum absolute atomic E-state index is 13.0. The van der Waals surface area contributed by atoms with Gasteiger partial charge in [0.1, 0.15) is 17.6 Å². The summed E-state index contributed by atoms with van der Waals surface area (Å²) in [6.45, 7) is 0. The molecule has 3 amide bonds. The fourth-order valence-electron chi connectivity index (χ4n) is 3.32. The van der Waals surface area contributed by atoms with Gasteiger partial charge in [-0.2, -0.15) is 0 Å². The number of amides is 3. The third kappa shape index (κ3) is 5.55. The zero-order valence-electron chi connectivity index (χ0n) is 17.2. The summed E-state index contributed by atoms with van der Waals surface area (Å²) in [5.41, 5.74) is 6.76. The van der Waals surface area contributed by atoms with Crippen molar-refractivity contribution in [1.29, 1.82) is 0 Å². The number of ether oxygens (including phenoxy) is 1. The fraction of sp³-hybridized carbons (Fsp3) is 0.227. The summed E-state index contributed by atoms with van der Waals surface area (Å²) in [7, 11) is 3.44. The molecule has 31 heavy (non-hydrogen) atoms. The number of benzene rings is 2. The summed E-state index contributed by atoms with van der Waals surface area (Å²) in [6, 6.07) is 12.4. The van der Waals surface area contributed by atoms with Crippen molar-refractivity contribution < 1.29 is 14.3 Å². The molecule has 2 unspecified atom stereocenters. The molecule has 0 spiro atoms. The highest BCUT2D eigenvalue weighted by Crippen LogP contribution is 2.27. The van der Waals surface area contributed by atoms with E-state index >= 15 is 0 Å². The molecule has 162 valence electrons. The number of nitrogens with zero attached hydrogens (tertiary/aromatic N) is 2. The summed E-state index contributed by atoms with van der Waals surface area (Å²) in [6.07, 6.45) is 3.42. The van der Waals surface area contributed by atoms with Crippen molar-refractivity contribution in [2.45, 2.75) is 18.5 Å². The first-order chi connectivity index (χ1) is 14.9. The van der Waals surface area contributed by atoms with E-state index in [4.69, 9.17) is 22.1 Å². The van der Waals surface area contributed by atoms with Gasteiger partial charge in [0.15, 0.2) is 0 Å². The van der Waals surface area contributed by atoms with Crippen LogP contribution in [0.25, 0.3) is 0 Å². The van der Waals surface area contributed by atoms with Crippen LogP contribution in [-0.2, 0) is 11.8 Å². The summed E-state index contributed by atoms with van der Waals surface area (Å²) >= 11 is 6.27.